The molecule has 0 aliphatic heterocycles. The summed E-state index contributed by atoms with van der Waals surface area (Å²) in [6.07, 6.45) is 17.7. The Labute approximate surface area is 181 Å². The molecule has 0 unspecified atom stereocenters. The Hall–Kier alpha value is -1.14. The second kappa shape index (κ2) is 14.0. The highest BCUT2D eigenvalue weighted by atomic mass is 32.2. The summed E-state index contributed by atoms with van der Waals surface area (Å²) in [4.78, 5) is 4.09. The lowest BCUT2D eigenvalue weighted by Crippen LogP contribution is -2.16. The molecule has 163 valence electrons. The molecule has 0 atom stereocenters. The van der Waals surface area contributed by atoms with Gasteiger partial charge in [-0.25, -0.2) is 13.4 Å². The van der Waals surface area contributed by atoms with Crippen LogP contribution in [0.3, 0.4) is 0 Å². The van der Waals surface area contributed by atoms with Crippen LogP contribution in [-0.2, 0) is 10.0 Å². The molecule has 0 aliphatic rings. The smallest absolute Gasteiger partial charge is 0.232 e. The van der Waals surface area contributed by atoms with Gasteiger partial charge in [0.15, 0.2) is 5.51 Å². The first-order chi connectivity index (χ1) is 14.1. The van der Waals surface area contributed by atoms with Gasteiger partial charge in [0.2, 0.25) is 10.0 Å². The van der Waals surface area contributed by atoms with E-state index < -0.39 is 10.0 Å². The summed E-state index contributed by atoms with van der Waals surface area (Å²) >= 11 is 1.40. The van der Waals surface area contributed by atoms with Gasteiger partial charge < -0.3 is 0 Å². The van der Waals surface area contributed by atoms with E-state index in [1.54, 1.807) is 6.07 Å². The van der Waals surface area contributed by atoms with Gasteiger partial charge in [0.1, 0.15) is 0 Å². The molecule has 0 spiro atoms. The van der Waals surface area contributed by atoms with Gasteiger partial charge >= 0.3 is 0 Å². The average Bonchev–Trinajstić information content (AvgIpc) is 3.15. The van der Waals surface area contributed by atoms with Crippen LogP contribution < -0.4 is 4.72 Å². The van der Waals surface area contributed by atoms with Crippen molar-refractivity contribution < 1.29 is 8.42 Å². The number of hydrogen-bond donors (Lipinski definition) is 1. The second-order valence-electron chi connectivity index (χ2n) is 8.00. The maximum Gasteiger partial charge on any atom is 0.232 e. The average molecular weight is 438 g/mol. The van der Waals surface area contributed by atoms with E-state index in [-0.39, 0.29) is 5.75 Å². The van der Waals surface area contributed by atoms with E-state index in [4.69, 9.17) is 0 Å². The molecule has 2 rings (SSSR count). The lowest BCUT2D eigenvalue weighted by molar-refractivity contribution is 0.537. The molecule has 0 fully saturated rings. The molecule has 29 heavy (non-hydrogen) atoms. The van der Waals surface area contributed by atoms with E-state index in [2.05, 4.69) is 22.1 Å². The first-order valence-electron chi connectivity index (χ1n) is 11.4. The Morgan fingerprint density at radius 3 is 2.00 bits per heavy atom. The van der Waals surface area contributed by atoms with Crippen LogP contribution in [0.2, 0.25) is 0 Å². The Morgan fingerprint density at radius 1 is 0.862 bits per heavy atom. The summed E-state index contributed by atoms with van der Waals surface area (Å²) in [5, 5.41) is 0. The molecule has 1 radical (unpaired) electrons. The van der Waals surface area contributed by atoms with Crippen LogP contribution in [0.5, 0.6) is 0 Å². The number of rotatable bonds is 17. The largest absolute Gasteiger partial charge is 0.284 e. The van der Waals surface area contributed by atoms with Gasteiger partial charge in [0.05, 0.1) is 21.7 Å². The third-order valence-electron chi connectivity index (χ3n) is 5.32. The lowest BCUT2D eigenvalue weighted by atomic mass is 10.0. The highest BCUT2D eigenvalue weighted by molar-refractivity contribution is 7.92. The number of thiazole rings is 1. The van der Waals surface area contributed by atoms with Crippen LogP contribution in [0.25, 0.3) is 10.2 Å². The zero-order valence-electron chi connectivity index (χ0n) is 17.9. The van der Waals surface area contributed by atoms with E-state index in [0.29, 0.717) is 5.69 Å². The summed E-state index contributed by atoms with van der Waals surface area (Å²) in [7, 11) is -3.28. The van der Waals surface area contributed by atoms with Crippen LogP contribution in [-0.4, -0.2) is 19.2 Å². The number of benzene rings is 1. The normalized spacial score (nSPS) is 11.9. The predicted octanol–water partition coefficient (Wildman–Crippen LogP) is 7.32. The molecule has 0 saturated carbocycles. The summed E-state index contributed by atoms with van der Waals surface area (Å²) in [6, 6.07) is 5.41. The summed E-state index contributed by atoms with van der Waals surface area (Å²) in [5.41, 5.74) is 4.29. The van der Waals surface area contributed by atoms with Crippen molar-refractivity contribution >= 4 is 37.3 Å². The number of fused-ring (bicyclic) bond motifs is 1. The standard InChI is InChI=1S/C23H37N2O2S2/c1-2-3-4-5-6-7-8-9-10-11-12-13-14-15-18-29(26,27)25-21-16-17-22-23(19-21)28-20-24-22/h16-17,19,25H,2-15,18H2,1H3. The quantitative estimate of drug-likeness (QED) is 0.264. The minimum Gasteiger partial charge on any atom is -0.284 e. The van der Waals surface area contributed by atoms with Gasteiger partial charge in [-0.15, -0.1) is 11.3 Å². The predicted molar refractivity (Wildman–Crippen MR) is 126 cm³/mol. The number of nitrogens with one attached hydrogen (secondary N) is 1. The molecule has 6 heteroatoms. The van der Waals surface area contributed by atoms with Crippen molar-refractivity contribution in [3.8, 4) is 0 Å². The molecule has 2 aromatic rings. The maximum absolute atomic E-state index is 12.3. The van der Waals surface area contributed by atoms with Crippen LogP contribution in [0.15, 0.2) is 18.2 Å². The van der Waals surface area contributed by atoms with E-state index >= 15 is 0 Å². The van der Waals surface area contributed by atoms with Crippen LogP contribution in [0.1, 0.15) is 96.8 Å². The summed E-state index contributed by atoms with van der Waals surface area (Å²) in [5.74, 6) is 0.192. The van der Waals surface area contributed by atoms with Gasteiger partial charge in [-0.1, -0.05) is 90.4 Å². The van der Waals surface area contributed by atoms with Gasteiger partial charge in [0.25, 0.3) is 0 Å². The van der Waals surface area contributed by atoms with Crippen molar-refractivity contribution in [1.82, 2.24) is 4.98 Å². The molecule has 0 saturated heterocycles. The fraction of sp³-hybridized carbons (Fsp3) is 0.696. The van der Waals surface area contributed by atoms with Crippen LogP contribution in [0, 0.1) is 5.51 Å². The van der Waals surface area contributed by atoms with Crippen molar-refractivity contribution in [1.29, 1.82) is 0 Å². The molecular formula is C23H37N2O2S2. The fourth-order valence-electron chi connectivity index (χ4n) is 3.59. The minimum atomic E-state index is -3.28. The van der Waals surface area contributed by atoms with E-state index in [1.807, 2.05) is 12.1 Å². The Bertz CT molecular complexity index is 787. The molecule has 4 nitrogen and oxygen atoms in total. The highest BCUT2D eigenvalue weighted by Gasteiger charge is 2.10. The third-order valence-corrected chi connectivity index (χ3v) is 7.42. The van der Waals surface area contributed by atoms with Crippen molar-refractivity contribution in [3.63, 3.8) is 0 Å². The second-order valence-corrected chi connectivity index (χ2v) is 10.7. The minimum absolute atomic E-state index is 0.192. The molecule has 1 aromatic heterocycles. The summed E-state index contributed by atoms with van der Waals surface area (Å²) in [6.45, 7) is 2.26. The molecule has 0 aliphatic carbocycles. The van der Waals surface area contributed by atoms with E-state index in [1.165, 1.54) is 82.0 Å². The van der Waals surface area contributed by atoms with Gasteiger partial charge in [0, 0.05) is 0 Å². The molecule has 1 heterocycles. The molecule has 0 amide bonds. The number of unbranched alkanes of at least 4 members (excludes halogenated alkanes) is 13. The zero-order chi connectivity index (χ0) is 20.8. The van der Waals surface area contributed by atoms with E-state index in [9.17, 15) is 8.42 Å². The van der Waals surface area contributed by atoms with Crippen molar-refractivity contribution in [3.05, 3.63) is 23.7 Å². The first-order valence-corrected chi connectivity index (χ1v) is 13.8. The van der Waals surface area contributed by atoms with Crippen molar-refractivity contribution in [2.75, 3.05) is 10.5 Å². The lowest BCUT2D eigenvalue weighted by Gasteiger charge is -2.08. The number of sulfonamides is 1. The fourth-order valence-corrected chi connectivity index (χ4v) is 5.41. The van der Waals surface area contributed by atoms with Crippen molar-refractivity contribution in [2.24, 2.45) is 0 Å². The highest BCUT2D eigenvalue weighted by Crippen LogP contribution is 2.22. The Kier molecular flexibility index (Phi) is 11.6. The number of nitrogens with zero attached hydrogens (tertiary/aromatic N) is 1. The Balaban J connectivity index is 1.45. The monoisotopic (exact) mass is 437 g/mol. The van der Waals surface area contributed by atoms with Crippen molar-refractivity contribution in [2.45, 2.75) is 96.8 Å². The van der Waals surface area contributed by atoms with Crippen LogP contribution in [0.4, 0.5) is 5.69 Å². The van der Waals surface area contributed by atoms with Gasteiger partial charge in [-0.05, 0) is 24.6 Å². The van der Waals surface area contributed by atoms with Gasteiger partial charge in [-0.2, -0.15) is 0 Å². The van der Waals surface area contributed by atoms with Crippen LogP contribution >= 0.6 is 11.3 Å². The zero-order valence-corrected chi connectivity index (χ0v) is 19.6. The first kappa shape index (κ1) is 24.1. The molecule has 1 N–H and O–H groups in total. The molecule has 0 bridgehead atoms. The summed E-state index contributed by atoms with van der Waals surface area (Å²) < 4.78 is 28.2. The van der Waals surface area contributed by atoms with E-state index in [0.717, 1.165) is 29.5 Å². The van der Waals surface area contributed by atoms with Gasteiger partial charge in [-0.3, -0.25) is 4.72 Å². The number of anilines is 1. The molecule has 1 aromatic carbocycles. The number of hydrogen-bond acceptors (Lipinski definition) is 4. The number of aromatic nitrogens is 1. The SMILES string of the molecule is CCCCCCCCCCCCCCCCS(=O)(=O)Nc1ccc2n[c]sc2c1. The topological polar surface area (TPSA) is 59.1 Å². The maximum atomic E-state index is 12.3. The molecular weight excluding hydrogens is 400 g/mol. The third kappa shape index (κ3) is 10.4. The Morgan fingerprint density at radius 2 is 1.41 bits per heavy atom.